The van der Waals surface area contributed by atoms with Gasteiger partial charge in [-0.25, -0.2) is 0 Å². The highest BCUT2D eigenvalue weighted by Crippen LogP contribution is 2.22. The van der Waals surface area contributed by atoms with Crippen LogP contribution in [0.25, 0.3) is 0 Å². The summed E-state index contributed by atoms with van der Waals surface area (Å²) in [6, 6.07) is 10.5. The third kappa shape index (κ3) is 4.16. The van der Waals surface area contributed by atoms with Crippen LogP contribution in [0, 0.1) is 5.92 Å². The van der Waals surface area contributed by atoms with Crippen molar-refractivity contribution in [1.82, 2.24) is 5.32 Å². The molecule has 4 nitrogen and oxygen atoms in total. The Balaban J connectivity index is 2.12. The highest BCUT2D eigenvalue weighted by Gasteiger charge is 2.26. The molecule has 1 aromatic heterocycles. The number of benzene rings is 1. The Hall–Kier alpha value is -2.14. The first-order chi connectivity index (χ1) is 10.1. The van der Waals surface area contributed by atoms with Crippen molar-refractivity contribution in [1.29, 1.82) is 0 Å². The van der Waals surface area contributed by atoms with Crippen molar-refractivity contribution in [3.63, 3.8) is 0 Å². The van der Waals surface area contributed by atoms with Crippen LogP contribution in [0.4, 0.5) is 0 Å². The molecule has 1 aromatic carbocycles. The number of rotatable bonds is 6. The molecule has 0 saturated carbocycles. The lowest BCUT2D eigenvalue weighted by Crippen LogP contribution is -2.36. The van der Waals surface area contributed by atoms with Crippen LogP contribution in [0.3, 0.4) is 0 Å². The minimum atomic E-state index is -0.931. The highest BCUT2D eigenvalue weighted by molar-refractivity contribution is 7.07. The highest BCUT2D eigenvalue weighted by atomic mass is 32.1. The zero-order valence-electron chi connectivity index (χ0n) is 11.7. The largest absolute Gasteiger partial charge is 0.481 e. The number of carboxylic acid groups (broad SMARTS) is 1. The van der Waals surface area contributed by atoms with Crippen LogP contribution in [0.5, 0.6) is 0 Å². The van der Waals surface area contributed by atoms with Gasteiger partial charge in [-0.05, 0) is 34.9 Å². The van der Waals surface area contributed by atoms with Crippen LogP contribution in [-0.2, 0) is 16.0 Å². The van der Waals surface area contributed by atoms with Gasteiger partial charge < -0.3 is 10.4 Å². The number of carbonyl (C=O) groups excluding carboxylic acids is 1. The standard InChI is InChI=1S/C16H17NO3S/c1-11(16(19)20)15(13-5-3-2-4-6-13)17-14(18)9-12-7-8-21-10-12/h2-8,10-11,15H,9H2,1H3,(H,17,18)(H,19,20)/t11-,15-/m1/s1. The van der Waals surface area contributed by atoms with E-state index in [-0.39, 0.29) is 12.3 Å². The Kier molecular flexibility index (Phi) is 5.11. The van der Waals surface area contributed by atoms with Crippen LogP contribution in [0.15, 0.2) is 47.2 Å². The van der Waals surface area contributed by atoms with Gasteiger partial charge >= 0.3 is 5.97 Å². The number of aliphatic carboxylic acids is 1. The first-order valence-electron chi connectivity index (χ1n) is 6.66. The van der Waals surface area contributed by atoms with Gasteiger partial charge in [-0.15, -0.1) is 0 Å². The first-order valence-corrected chi connectivity index (χ1v) is 7.60. The Labute approximate surface area is 127 Å². The van der Waals surface area contributed by atoms with Crippen molar-refractivity contribution in [3.8, 4) is 0 Å². The van der Waals surface area contributed by atoms with Gasteiger partial charge in [0.1, 0.15) is 0 Å². The van der Waals surface area contributed by atoms with E-state index in [1.165, 1.54) is 11.3 Å². The topological polar surface area (TPSA) is 66.4 Å². The molecule has 2 atom stereocenters. The van der Waals surface area contributed by atoms with Gasteiger partial charge in [0.15, 0.2) is 0 Å². The fourth-order valence-electron chi connectivity index (χ4n) is 2.10. The second kappa shape index (κ2) is 7.04. The summed E-state index contributed by atoms with van der Waals surface area (Å²) >= 11 is 1.53. The molecule has 0 saturated heterocycles. The number of nitrogens with one attached hydrogen (secondary N) is 1. The quantitative estimate of drug-likeness (QED) is 0.862. The summed E-state index contributed by atoms with van der Waals surface area (Å²) in [6.07, 6.45) is 0.263. The Bertz CT molecular complexity index is 595. The molecule has 1 heterocycles. The maximum Gasteiger partial charge on any atom is 0.308 e. The summed E-state index contributed by atoms with van der Waals surface area (Å²) in [5.41, 5.74) is 1.73. The summed E-state index contributed by atoms with van der Waals surface area (Å²) in [7, 11) is 0. The summed E-state index contributed by atoms with van der Waals surface area (Å²) < 4.78 is 0. The van der Waals surface area contributed by atoms with Gasteiger partial charge in [-0.1, -0.05) is 30.3 Å². The molecule has 0 aliphatic carbocycles. The first kappa shape index (κ1) is 15.3. The molecule has 2 aromatic rings. The molecule has 2 rings (SSSR count). The van der Waals surface area contributed by atoms with Crippen molar-refractivity contribution in [2.45, 2.75) is 19.4 Å². The van der Waals surface area contributed by atoms with Gasteiger partial charge in [0, 0.05) is 0 Å². The molecule has 2 N–H and O–H groups in total. The molecule has 0 unspecified atom stereocenters. The third-order valence-electron chi connectivity index (χ3n) is 3.31. The lowest BCUT2D eigenvalue weighted by molar-refractivity contribution is -0.142. The molecule has 0 aliphatic heterocycles. The van der Waals surface area contributed by atoms with E-state index in [2.05, 4.69) is 5.32 Å². The summed E-state index contributed by atoms with van der Waals surface area (Å²) in [5.74, 6) is -1.80. The van der Waals surface area contributed by atoms with Crippen LogP contribution >= 0.6 is 11.3 Å². The van der Waals surface area contributed by atoms with Crippen LogP contribution in [0.2, 0.25) is 0 Å². The van der Waals surface area contributed by atoms with Crippen molar-refractivity contribution >= 4 is 23.2 Å². The maximum atomic E-state index is 12.1. The lowest BCUT2D eigenvalue weighted by atomic mass is 9.94. The minimum absolute atomic E-state index is 0.171. The molecule has 5 heteroatoms. The Morgan fingerprint density at radius 3 is 2.52 bits per heavy atom. The second-order valence-corrected chi connectivity index (χ2v) is 5.67. The fraction of sp³-hybridized carbons (Fsp3) is 0.250. The molecule has 1 amide bonds. The number of carbonyl (C=O) groups is 2. The number of amides is 1. The SMILES string of the molecule is C[C@@H](C(=O)O)[C@@H](NC(=O)Cc1ccsc1)c1ccccc1. The van der Waals surface area contributed by atoms with Crippen LogP contribution in [-0.4, -0.2) is 17.0 Å². The molecular weight excluding hydrogens is 286 g/mol. The van der Waals surface area contributed by atoms with Gasteiger partial charge in [0.05, 0.1) is 18.4 Å². The summed E-state index contributed by atoms with van der Waals surface area (Å²) in [6.45, 7) is 1.60. The molecule has 0 spiro atoms. The zero-order chi connectivity index (χ0) is 15.2. The molecule has 0 radical (unpaired) electrons. The number of hydrogen-bond acceptors (Lipinski definition) is 3. The van der Waals surface area contributed by atoms with E-state index in [4.69, 9.17) is 0 Å². The van der Waals surface area contributed by atoms with E-state index < -0.39 is 17.9 Å². The van der Waals surface area contributed by atoms with E-state index in [1.54, 1.807) is 6.92 Å². The smallest absolute Gasteiger partial charge is 0.308 e. The van der Waals surface area contributed by atoms with Gasteiger partial charge in [0.25, 0.3) is 0 Å². The molecular formula is C16H17NO3S. The minimum Gasteiger partial charge on any atom is -0.481 e. The van der Waals surface area contributed by atoms with Gasteiger partial charge in [-0.2, -0.15) is 11.3 Å². The monoisotopic (exact) mass is 303 g/mol. The molecule has 110 valence electrons. The number of thiophene rings is 1. The normalized spacial score (nSPS) is 13.4. The molecule has 21 heavy (non-hydrogen) atoms. The van der Waals surface area contributed by atoms with Gasteiger partial charge in [0.2, 0.25) is 5.91 Å². The van der Waals surface area contributed by atoms with Crippen molar-refractivity contribution < 1.29 is 14.7 Å². The molecule has 0 fully saturated rings. The average Bonchev–Trinajstić information content (AvgIpc) is 2.97. The van der Waals surface area contributed by atoms with Crippen LogP contribution < -0.4 is 5.32 Å². The Morgan fingerprint density at radius 1 is 1.24 bits per heavy atom. The van der Waals surface area contributed by atoms with E-state index >= 15 is 0 Å². The number of hydrogen-bond donors (Lipinski definition) is 2. The lowest BCUT2D eigenvalue weighted by Gasteiger charge is -2.23. The second-order valence-electron chi connectivity index (χ2n) is 4.89. The van der Waals surface area contributed by atoms with Crippen molar-refractivity contribution in [2.24, 2.45) is 5.92 Å². The number of carboxylic acids is 1. The fourth-order valence-corrected chi connectivity index (χ4v) is 2.77. The predicted molar refractivity (Wildman–Crippen MR) is 82.1 cm³/mol. The van der Waals surface area contributed by atoms with Crippen molar-refractivity contribution in [3.05, 3.63) is 58.3 Å². The van der Waals surface area contributed by atoms with E-state index in [1.807, 2.05) is 47.2 Å². The zero-order valence-corrected chi connectivity index (χ0v) is 12.5. The van der Waals surface area contributed by atoms with Crippen LogP contribution in [0.1, 0.15) is 24.1 Å². The summed E-state index contributed by atoms with van der Waals surface area (Å²) in [4.78, 5) is 23.4. The third-order valence-corrected chi connectivity index (χ3v) is 4.04. The van der Waals surface area contributed by atoms with E-state index in [9.17, 15) is 14.7 Å². The molecule has 0 aliphatic rings. The average molecular weight is 303 g/mol. The maximum absolute atomic E-state index is 12.1. The van der Waals surface area contributed by atoms with Gasteiger partial charge in [-0.3, -0.25) is 9.59 Å². The molecule has 0 bridgehead atoms. The van der Waals surface area contributed by atoms with E-state index in [0.717, 1.165) is 11.1 Å². The summed E-state index contributed by atoms with van der Waals surface area (Å²) in [5, 5.41) is 15.9. The van der Waals surface area contributed by atoms with E-state index in [0.29, 0.717) is 0 Å². The van der Waals surface area contributed by atoms with Crippen molar-refractivity contribution in [2.75, 3.05) is 0 Å². The Morgan fingerprint density at radius 2 is 1.95 bits per heavy atom. The predicted octanol–water partition coefficient (Wildman–Crippen LogP) is 2.87.